The van der Waals surface area contributed by atoms with E-state index in [-0.39, 0.29) is 6.04 Å². The Kier molecular flexibility index (Phi) is 7.87. The van der Waals surface area contributed by atoms with Gasteiger partial charge in [-0.2, -0.15) is 0 Å². The number of nitrogens with zero attached hydrogens (tertiary/aromatic N) is 1. The van der Waals surface area contributed by atoms with Crippen molar-refractivity contribution in [3.63, 3.8) is 0 Å². The van der Waals surface area contributed by atoms with Crippen molar-refractivity contribution in [2.24, 2.45) is 0 Å². The molecule has 0 aromatic rings. The Morgan fingerprint density at radius 1 is 1.24 bits per heavy atom. The summed E-state index contributed by atoms with van der Waals surface area (Å²) in [6.45, 7) is 16.1. The number of allylic oxidation sites excluding steroid dienone is 4. The Morgan fingerprint density at radius 3 is 2.29 bits per heavy atom. The molecule has 1 nitrogen and oxygen atoms in total. The van der Waals surface area contributed by atoms with Crippen LogP contribution < -0.4 is 0 Å². The monoisotopic (exact) mass is 231 g/mol. The lowest BCUT2D eigenvalue weighted by molar-refractivity contribution is 0.468. The molecule has 0 amide bonds. The zero-order chi connectivity index (χ0) is 13.3. The predicted molar refractivity (Wildman–Crippen MR) is 78.6 cm³/mol. The zero-order valence-corrected chi connectivity index (χ0v) is 11.6. The highest BCUT2D eigenvalue weighted by molar-refractivity contribution is 5.23. The molecular formula is C16H25N. The van der Waals surface area contributed by atoms with Gasteiger partial charge in [-0.25, -0.2) is 0 Å². The Labute approximate surface area is 107 Å². The van der Waals surface area contributed by atoms with Crippen LogP contribution in [-0.4, -0.2) is 10.9 Å². The lowest BCUT2D eigenvalue weighted by Crippen LogP contribution is -2.25. The molecule has 1 heteroatoms. The van der Waals surface area contributed by atoms with E-state index in [2.05, 4.69) is 70.2 Å². The summed E-state index contributed by atoms with van der Waals surface area (Å²) < 4.78 is 0. The third-order valence-corrected chi connectivity index (χ3v) is 2.36. The molecule has 1 unspecified atom stereocenters. The Balaban J connectivity index is 4.97. The molecule has 0 aromatic heterocycles. The van der Waals surface area contributed by atoms with Crippen LogP contribution in [0.1, 0.15) is 34.1 Å². The van der Waals surface area contributed by atoms with Crippen molar-refractivity contribution in [1.82, 2.24) is 4.90 Å². The fraction of sp³-hybridized carbons (Fsp3) is 0.375. The Morgan fingerprint density at radius 2 is 1.88 bits per heavy atom. The maximum Gasteiger partial charge on any atom is 0.0721 e. The van der Waals surface area contributed by atoms with Crippen molar-refractivity contribution >= 4 is 0 Å². The molecule has 0 N–H and O–H groups in total. The summed E-state index contributed by atoms with van der Waals surface area (Å²) in [4.78, 5) is 2.08. The molecule has 0 aliphatic carbocycles. The van der Waals surface area contributed by atoms with Crippen molar-refractivity contribution < 1.29 is 0 Å². The van der Waals surface area contributed by atoms with Gasteiger partial charge >= 0.3 is 0 Å². The van der Waals surface area contributed by atoms with Crippen LogP contribution in [0, 0.1) is 0 Å². The van der Waals surface area contributed by atoms with Crippen LogP contribution in [0.25, 0.3) is 0 Å². The van der Waals surface area contributed by atoms with Crippen LogP contribution in [-0.2, 0) is 0 Å². The highest BCUT2D eigenvalue weighted by Crippen LogP contribution is 2.14. The van der Waals surface area contributed by atoms with Gasteiger partial charge in [-0.05, 0) is 39.0 Å². The molecule has 0 saturated heterocycles. The Hall–Kier alpha value is -1.50. The number of hydrogen-bond acceptors (Lipinski definition) is 1. The summed E-state index contributed by atoms with van der Waals surface area (Å²) in [6.07, 6.45) is 13.3. The van der Waals surface area contributed by atoms with E-state index < -0.39 is 0 Å². The van der Waals surface area contributed by atoms with Gasteiger partial charge < -0.3 is 4.90 Å². The molecular weight excluding hydrogens is 206 g/mol. The van der Waals surface area contributed by atoms with Crippen molar-refractivity contribution in [3.05, 3.63) is 61.0 Å². The number of hydrogen-bond donors (Lipinski definition) is 0. The van der Waals surface area contributed by atoms with E-state index in [1.165, 1.54) is 11.1 Å². The first-order chi connectivity index (χ1) is 8.06. The van der Waals surface area contributed by atoms with Gasteiger partial charge in [-0.15, -0.1) is 6.58 Å². The van der Waals surface area contributed by atoms with Crippen molar-refractivity contribution in [1.29, 1.82) is 0 Å². The van der Waals surface area contributed by atoms with Gasteiger partial charge in [0.05, 0.1) is 6.04 Å². The van der Waals surface area contributed by atoms with E-state index in [4.69, 9.17) is 0 Å². The normalized spacial score (nSPS) is 13.3. The zero-order valence-electron chi connectivity index (χ0n) is 11.6. The van der Waals surface area contributed by atoms with E-state index in [1.54, 1.807) is 0 Å². The van der Waals surface area contributed by atoms with Crippen molar-refractivity contribution in [2.45, 2.75) is 40.2 Å². The first kappa shape index (κ1) is 15.5. The number of rotatable bonds is 7. The highest BCUT2D eigenvalue weighted by Gasteiger charge is 2.10. The third-order valence-electron chi connectivity index (χ3n) is 2.36. The first-order valence-corrected chi connectivity index (χ1v) is 6.07. The molecule has 0 radical (unpaired) electrons. The minimum Gasteiger partial charge on any atom is -0.344 e. The molecule has 0 aliphatic rings. The smallest absolute Gasteiger partial charge is 0.0721 e. The van der Waals surface area contributed by atoms with E-state index in [9.17, 15) is 0 Å². The van der Waals surface area contributed by atoms with E-state index in [0.717, 1.165) is 6.42 Å². The molecule has 17 heavy (non-hydrogen) atoms. The Bertz CT molecular complexity index is 327. The van der Waals surface area contributed by atoms with Crippen molar-refractivity contribution in [3.8, 4) is 0 Å². The van der Waals surface area contributed by atoms with Crippen LogP contribution in [0.15, 0.2) is 61.0 Å². The average Bonchev–Trinajstić information content (AvgIpc) is 2.28. The average molecular weight is 231 g/mol. The van der Waals surface area contributed by atoms with Crippen LogP contribution >= 0.6 is 0 Å². The van der Waals surface area contributed by atoms with Gasteiger partial charge in [0, 0.05) is 6.20 Å². The molecule has 94 valence electrons. The second-order valence-corrected chi connectivity index (χ2v) is 4.26. The lowest BCUT2D eigenvalue weighted by Gasteiger charge is -2.25. The molecule has 0 bridgehead atoms. The van der Waals surface area contributed by atoms with Gasteiger partial charge in [-0.1, -0.05) is 43.4 Å². The maximum atomic E-state index is 3.90. The summed E-state index contributed by atoms with van der Waals surface area (Å²) in [6, 6.07) is 0.170. The predicted octanol–water partition coefficient (Wildman–Crippen LogP) is 4.82. The maximum absolute atomic E-state index is 3.90. The van der Waals surface area contributed by atoms with E-state index in [0.29, 0.717) is 0 Å². The molecule has 0 heterocycles. The molecule has 0 aromatic carbocycles. The molecule has 1 atom stereocenters. The summed E-state index contributed by atoms with van der Waals surface area (Å²) in [5.41, 5.74) is 2.50. The largest absolute Gasteiger partial charge is 0.344 e. The van der Waals surface area contributed by atoms with E-state index in [1.807, 2.05) is 12.3 Å². The van der Waals surface area contributed by atoms with Gasteiger partial charge in [0.2, 0.25) is 0 Å². The van der Waals surface area contributed by atoms with Crippen LogP contribution in [0.3, 0.4) is 0 Å². The second kappa shape index (κ2) is 8.63. The van der Waals surface area contributed by atoms with Gasteiger partial charge in [0.15, 0.2) is 0 Å². The molecule has 0 rings (SSSR count). The van der Waals surface area contributed by atoms with E-state index >= 15 is 0 Å². The summed E-state index contributed by atoms with van der Waals surface area (Å²) in [5, 5.41) is 0. The van der Waals surface area contributed by atoms with Crippen LogP contribution in [0.4, 0.5) is 0 Å². The van der Waals surface area contributed by atoms with Crippen LogP contribution in [0.2, 0.25) is 0 Å². The summed E-state index contributed by atoms with van der Waals surface area (Å²) >= 11 is 0. The summed E-state index contributed by atoms with van der Waals surface area (Å²) in [5.74, 6) is 0. The minimum absolute atomic E-state index is 0.170. The van der Waals surface area contributed by atoms with Gasteiger partial charge in [-0.3, -0.25) is 0 Å². The molecule has 0 spiro atoms. The topological polar surface area (TPSA) is 3.24 Å². The fourth-order valence-corrected chi connectivity index (χ4v) is 1.54. The first-order valence-electron chi connectivity index (χ1n) is 6.07. The second-order valence-electron chi connectivity index (χ2n) is 4.26. The van der Waals surface area contributed by atoms with Crippen molar-refractivity contribution in [2.75, 3.05) is 0 Å². The third kappa shape index (κ3) is 5.96. The molecule has 0 saturated carbocycles. The van der Waals surface area contributed by atoms with Gasteiger partial charge in [0.1, 0.15) is 0 Å². The lowest BCUT2D eigenvalue weighted by atomic mass is 10.1. The van der Waals surface area contributed by atoms with Crippen LogP contribution in [0.5, 0.6) is 0 Å². The fourth-order valence-electron chi connectivity index (χ4n) is 1.54. The molecule has 0 aliphatic heterocycles. The molecule has 0 fully saturated rings. The van der Waals surface area contributed by atoms with Gasteiger partial charge in [0.25, 0.3) is 0 Å². The quantitative estimate of drug-likeness (QED) is 0.448. The minimum atomic E-state index is 0.170. The highest BCUT2D eigenvalue weighted by atomic mass is 15.1. The summed E-state index contributed by atoms with van der Waals surface area (Å²) in [7, 11) is 0. The SMILES string of the molecule is C=CC(/C(C)=C/C=C\CC)N(C=C)C=C(C)C. The standard InChI is InChI=1S/C16H25N/c1-7-10-11-12-15(6)16(8-2)17(9-3)13-14(4)5/h8-13,16H,2-3,7H2,1,4-6H3/b11-10-,15-12+.